The molecule has 3 aromatic heterocycles. The first-order chi connectivity index (χ1) is 13.3. The van der Waals surface area contributed by atoms with E-state index in [2.05, 4.69) is 34.9 Å². The molecule has 1 amide bonds. The van der Waals surface area contributed by atoms with E-state index in [-0.39, 0.29) is 23.9 Å². The van der Waals surface area contributed by atoms with Crippen LogP contribution in [0.3, 0.4) is 0 Å². The first kappa shape index (κ1) is 19.0. The SMILES string of the molecule is COc1cncc(COC(=O)Nc2cnc(-c3noc(C(F)(F)F)n3)cn2)c1. The first-order valence-electron chi connectivity index (χ1n) is 7.50. The Balaban J connectivity index is 1.57. The lowest BCUT2D eigenvalue weighted by Gasteiger charge is -2.07. The fourth-order valence-electron chi connectivity index (χ4n) is 1.89. The highest BCUT2D eigenvalue weighted by Crippen LogP contribution is 2.28. The molecule has 0 fully saturated rings. The Morgan fingerprint density at radius 1 is 1.21 bits per heavy atom. The predicted octanol–water partition coefficient (Wildman–Crippen LogP) is 2.70. The molecule has 0 saturated heterocycles. The molecule has 146 valence electrons. The summed E-state index contributed by atoms with van der Waals surface area (Å²) >= 11 is 0. The van der Waals surface area contributed by atoms with Crippen LogP contribution in [0.25, 0.3) is 11.5 Å². The van der Waals surface area contributed by atoms with Gasteiger partial charge in [0.05, 0.1) is 25.7 Å². The quantitative estimate of drug-likeness (QED) is 0.693. The van der Waals surface area contributed by atoms with Crippen molar-refractivity contribution in [2.75, 3.05) is 12.4 Å². The zero-order valence-corrected chi connectivity index (χ0v) is 14.1. The summed E-state index contributed by atoms with van der Waals surface area (Å²) in [4.78, 5) is 26.6. The molecule has 0 aliphatic carbocycles. The second-order valence-electron chi connectivity index (χ2n) is 5.14. The highest BCUT2D eigenvalue weighted by Gasteiger charge is 2.38. The predicted molar refractivity (Wildman–Crippen MR) is 84.9 cm³/mol. The van der Waals surface area contributed by atoms with E-state index in [0.717, 1.165) is 12.4 Å². The fraction of sp³-hybridized carbons (Fsp3) is 0.200. The normalized spacial score (nSPS) is 11.1. The number of hydrogen-bond donors (Lipinski definition) is 1. The lowest BCUT2D eigenvalue weighted by atomic mass is 10.3. The molecule has 0 spiro atoms. The minimum atomic E-state index is -4.76. The molecule has 0 aromatic carbocycles. The Morgan fingerprint density at radius 3 is 2.68 bits per heavy atom. The summed E-state index contributed by atoms with van der Waals surface area (Å²) in [7, 11) is 1.48. The van der Waals surface area contributed by atoms with E-state index in [1.807, 2.05) is 0 Å². The van der Waals surface area contributed by atoms with Crippen LogP contribution in [0.2, 0.25) is 0 Å². The molecule has 28 heavy (non-hydrogen) atoms. The molecule has 13 heteroatoms. The molecular formula is C15H11F3N6O4. The molecule has 0 atom stereocenters. The van der Waals surface area contributed by atoms with Crippen molar-refractivity contribution in [3.05, 3.63) is 42.3 Å². The summed E-state index contributed by atoms with van der Waals surface area (Å²) in [5.41, 5.74) is 0.536. The van der Waals surface area contributed by atoms with Gasteiger partial charge in [0.2, 0.25) is 5.82 Å². The Hall–Kier alpha value is -3.77. The van der Waals surface area contributed by atoms with Gasteiger partial charge in [-0.25, -0.2) is 14.8 Å². The maximum atomic E-state index is 12.5. The van der Waals surface area contributed by atoms with E-state index in [1.54, 1.807) is 6.07 Å². The van der Waals surface area contributed by atoms with E-state index in [9.17, 15) is 18.0 Å². The fourth-order valence-corrected chi connectivity index (χ4v) is 1.89. The van der Waals surface area contributed by atoms with Crippen LogP contribution in [-0.4, -0.2) is 38.3 Å². The van der Waals surface area contributed by atoms with Crippen molar-refractivity contribution in [2.24, 2.45) is 0 Å². The Bertz CT molecular complexity index is 961. The van der Waals surface area contributed by atoms with Gasteiger partial charge in [0.25, 0.3) is 0 Å². The van der Waals surface area contributed by atoms with Crippen LogP contribution < -0.4 is 10.1 Å². The van der Waals surface area contributed by atoms with E-state index >= 15 is 0 Å². The number of amides is 1. The Kier molecular flexibility index (Phi) is 5.33. The number of anilines is 1. The second kappa shape index (κ2) is 7.85. The number of hydrogen-bond acceptors (Lipinski definition) is 9. The topological polar surface area (TPSA) is 125 Å². The standard InChI is InChI=1S/C15H11F3N6O4/c1-26-9-2-8(3-19-4-9)7-27-14(25)22-11-6-20-10(5-21-11)12-23-13(28-24-12)15(16,17)18/h2-6H,7H2,1H3,(H,21,22,25). The van der Waals surface area contributed by atoms with Crippen LogP contribution in [0, 0.1) is 0 Å². The minimum absolute atomic E-state index is 0.0112. The molecule has 3 heterocycles. The number of carbonyl (C=O) groups is 1. The summed E-state index contributed by atoms with van der Waals surface area (Å²) in [6, 6.07) is 1.65. The minimum Gasteiger partial charge on any atom is -0.495 e. The van der Waals surface area contributed by atoms with E-state index in [4.69, 9.17) is 9.47 Å². The third kappa shape index (κ3) is 4.69. The van der Waals surface area contributed by atoms with E-state index in [0.29, 0.717) is 11.3 Å². The zero-order valence-electron chi connectivity index (χ0n) is 14.1. The number of carbonyl (C=O) groups excluding carboxylic acids is 1. The van der Waals surface area contributed by atoms with Crippen molar-refractivity contribution < 1.29 is 32.0 Å². The van der Waals surface area contributed by atoms with Crippen LogP contribution in [0.1, 0.15) is 11.5 Å². The van der Waals surface area contributed by atoms with Crippen molar-refractivity contribution in [1.29, 1.82) is 0 Å². The van der Waals surface area contributed by atoms with Crippen LogP contribution in [0.5, 0.6) is 5.75 Å². The average molecular weight is 396 g/mol. The van der Waals surface area contributed by atoms with Crippen molar-refractivity contribution in [2.45, 2.75) is 12.8 Å². The van der Waals surface area contributed by atoms with Crippen molar-refractivity contribution in [1.82, 2.24) is 25.1 Å². The van der Waals surface area contributed by atoms with E-state index < -0.39 is 18.2 Å². The maximum absolute atomic E-state index is 12.5. The summed E-state index contributed by atoms with van der Waals surface area (Å²) < 4.78 is 51.5. The van der Waals surface area contributed by atoms with Gasteiger partial charge in [-0.3, -0.25) is 10.3 Å². The first-order valence-corrected chi connectivity index (χ1v) is 7.50. The van der Waals surface area contributed by atoms with Gasteiger partial charge >= 0.3 is 18.2 Å². The molecule has 0 radical (unpaired) electrons. The second-order valence-corrected chi connectivity index (χ2v) is 5.14. The number of ether oxygens (including phenoxy) is 2. The van der Waals surface area contributed by atoms with Crippen LogP contribution in [0.15, 0.2) is 35.4 Å². The lowest BCUT2D eigenvalue weighted by Crippen LogP contribution is -2.14. The summed E-state index contributed by atoms with van der Waals surface area (Å²) in [6.45, 7) is -0.0649. The van der Waals surface area contributed by atoms with Gasteiger partial charge in [-0.05, 0) is 6.07 Å². The van der Waals surface area contributed by atoms with E-state index in [1.165, 1.54) is 19.5 Å². The molecule has 0 aliphatic rings. The number of alkyl halides is 3. The molecular weight excluding hydrogens is 385 g/mol. The monoisotopic (exact) mass is 396 g/mol. The van der Waals surface area contributed by atoms with Crippen molar-refractivity contribution >= 4 is 11.9 Å². The summed E-state index contributed by atoms with van der Waals surface area (Å²) in [6.07, 6.45) is -0.391. The maximum Gasteiger partial charge on any atom is 0.471 e. The number of pyridine rings is 1. The molecule has 10 nitrogen and oxygen atoms in total. The van der Waals surface area contributed by atoms with Crippen molar-refractivity contribution in [3.63, 3.8) is 0 Å². The molecule has 0 bridgehead atoms. The smallest absolute Gasteiger partial charge is 0.471 e. The number of rotatable bonds is 5. The zero-order chi connectivity index (χ0) is 20.1. The van der Waals surface area contributed by atoms with Gasteiger partial charge in [0, 0.05) is 11.8 Å². The highest BCUT2D eigenvalue weighted by atomic mass is 19.4. The molecule has 1 N–H and O–H groups in total. The van der Waals surface area contributed by atoms with Crippen LogP contribution in [-0.2, 0) is 17.5 Å². The number of halogens is 3. The van der Waals surface area contributed by atoms with Crippen LogP contribution in [0.4, 0.5) is 23.8 Å². The molecule has 3 aromatic rings. The summed E-state index contributed by atoms with van der Waals surface area (Å²) in [5.74, 6) is -1.36. The largest absolute Gasteiger partial charge is 0.495 e. The van der Waals surface area contributed by atoms with Crippen LogP contribution >= 0.6 is 0 Å². The number of aromatic nitrogens is 5. The summed E-state index contributed by atoms with van der Waals surface area (Å²) in [5, 5.41) is 5.50. The van der Waals surface area contributed by atoms with Gasteiger partial charge in [0.15, 0.2) is 5.82 Å². The third-order valence-electron chi connectivity index (χ3n) is 3.16. The number of nitrogens with zero attached hydrogens (tertiary/aromatic N) is 5. The Labute approximate surface area is 154 Å². The Morgan fingerprint density at radius 2 is 2.04 bits per heavy atom. The average Bonchev–Trinajstić information content (AvgIpc) is 3.18. The van der Waals surface area contributed by atoms with Gasteiger partial charge in [-0.1, -0.05) is 5.16 Å². The van der Waals surface area contributed by atoms with Crippen molar-refractivity contribution in [3.8, 4) is 17.3 Å². The number of methoxy groups -OCH3 is 1. The van der Waals surface area contributed by atoms with Gasteiger partial charge in [0.1, 0.15) is 18.1 Å². The highest BCUT2D eigenvalue weighted by molar-refractivity contribution is 5.83. The lowest BCUT2D eigenvalue weighted by molar-refractivity contribution is -0.159. The number of nitrogens with one attached hydrogen (secondary N) is 1. The molecule has 0 aliphatic heterocycles. The van der Waals surface area contributed by atoms with Gasteiger partial charge in [-0.2, -0.15) is 18.2 Å². The molecule has 0 saturated carbocycles. The molecule has 0 unspecified atom stereocenters. The molecule has 3 rings (SSSR count). The van der Waals surface area contributed by atoms with Gasteiger partial charge in [-0.15, -0.1) is 0 Å². The third-order valence-corrected chi connectivity index (χ3v) is 3.16. The van der Waals surface area contributed by atoms with Gasteiger partial charge < -0.3 is 14.0 Å².